The van der Waals surface area contributed by atoms with E-state index in [0.717, 1.165) is 32.1 Å². The highest BCUT2D eigenvalue weighted by atomic mass is 35.5. The maximum Gasteiger partial charge on any atom is 0.149 e. The van der Waals surface area contributed by atoms with E-state index in [4.69, 9.17) is 16.9 Å². The Kier molecular flexibility index (Phi) is 3.60. The molecule has 0 N–H and O–H groups in total. The van der Waals surface area contributed by atoms with Crippen molar-refractivity contribution in [3.63, 3.8) is 0 Å². The van der Waals surface area contributed by atoms with E-state index in [9.17, 15) is 4.79 Å². The van der Waals surface area contributed by atoms with Gasteiger partial charge in [0, 0.05) is 12.7 Å². The average Bonchev–Trinajstić information content (AvgIpc) is 2.39. The molecule has 0 bridgehead atoms. The molecule has 1 unspecified atom stereocenters. The number of hydrogen-bond acceptors (Lipinski definition) is 4. The molecule has 1 atom stereocenters. The van der Waals surface area contributed by atoms with Crippen LogP contribution in [0.5, 0.6) is 0 Å². The van der Waals surface area contributed by atoms with Crippen molar-refractivity contribution >= 4 is 23.7 Å². The van der Waals surface area contributed by atoms with Crippen molar-refractivity contribution in [2.24, 2.45) is 0 Å². The van der Waals surface area contributed by atoms with E-state index in [-0.39, 0.29) is 6.04 Å². The summed E-state index contributed by atoms with van der Waals surface area (Å²) >= 11 is 6.12. The average molecular weight is 250 g/mol. The number of carbonyl (C=O) groups excluding carboxylic acids is 1. The zero-order valence-electron chi connectivity index (χ0n) is 9.27. The van der Waals surface area contributed by atoms with Gasteiger partial charge in [0.25, 0.3) is 0 Å². The lowest BCUT2D eigenvalue weighted by atomic mass is 10.0. The topological polar surface area (TPSA) is 57.0 Å². The maximum atomic E-state index is 11.0. The van der Waals surface area contributed by atoms with Gasteiger partial charge >= 0.3 is 0 Å². The molecule has 0 aromatic carbocycles. The molecule has 5 heteroatoms. The predicted molar refractivity (Wildman–Crippen MR) is 65.0 cm³/mol. The van der Waals surface area contributed by atoms with Crippen LogP contribution in [0.4, 0.5) is 5.82 Å². The van der Waals surface area contributed by atoms with E-state index in [1.165, 1.54) is 0 Å². The van der Waals surface area contributed by atoms with Crippen LogP contribution >= 0.6 is 11.6 Å². The first-order valence-electron chi connectivity index (χ1n) is 5.54. The number of pyridine rings is 1. The minimum Gasteiger partial charge on any atom is -0.346 e. The molecule has 1 fully saturated rings. The quantitative estimate of drug-likeness (QED) is 0.754. The molecule has 1 aliphatic heterocycles. The van der Waals surface area contributed by atoms with Crippen LogP contribution in [0, 0.1) is 11.3 Å². The number of halogens is 1. The fraction of sp³-hybridized carbons (Fsp3) is 0.417. The SMILES string of the molecule is N#Cc1ccnc(N2CCCCC2C=O)c1Cl. The molecule has 0 aliphatic carbocycles. The van der Waals surface area contributed by atoms with Crippen molar-refractivity contribution in [2.45, 2.75) is 25.3 Å². The first-order valence-corrected chi connectivity index (χ1v) is 5.92. The third-order valence-electron chi connectivity index (χ3n) is 2.97. The summed E-state index contributed by atoms with van der Waals surface area (Å²) in [4.78, 5) is 17.1. The Hall–Kier alpha value is -1.60. The Morgan fingerprint density at radius 2 is 2.41 bits per heavy atom. The summed E-state index contributed by atoms with van der Waals surface area (Å²) in [6.45, 7) is 0.755. The van der Waals surface area contributed by atoms with Crippen LogP contribution in [0.2, 0.25) is 5.02 Å². The number of carbonyl (C=O) groups is 1. The van der Waals surface area contributed by atoms with E-state index in [1.54, 1.807) is 12.3 Å². The molecule has 0 radical (unpaired) electrons. The molecule has 2 rings (SSSR count). The van der Waals surface area contributed by atoms with Gasteiger partial charge in [0.15, 0.2) is 0 Å². The minimum absolute atomic E-state index is 0.178. The van der Waals surface area contributed by atoms with Gasteiger partial charge in [0.05, 0.1) is 11.6 Å². The molecular formula is C12H12ClN3O. The van der Waals surface area contributed by atoms with Crippen LogP contribution in [0.15, 0.2) is 12.3 Å². The zero-order chi connectivity index (χ0) is 12.3. The Bertz CT molecular complexity index is 469. The van der Waals surface area contributed by atoms with Crippen molar-refractivity contribution < 1.29 is 4.79 Å². The van der Waals surface area contributed by atoms with Gasteiger partial charge in [-0.25, -0.2) is 4.98 Å². The van der Waals surface area contributed by atoms with E-state index in [0.29, 0.717) is 16.4 Å². The van der Waals surface area contributed by atoms with Crippen LogP contribution in [-0.4, -0.2) is 23.9 Å². The largest absolute Gasteiger partial charge is 0.346 e. The summed E-state index contributed by atoms with van der Waals surface area (Å²) in [7, 11) is 0. The number of piperidine rings is 1. The van der Waals surface area contributed by atoms with Gasteiger partial charge in [0.1, 0.15) is 23.2 Å². The monoisotopic (exact) mass is 249 g/mol. The summed E-state index contributed by atoms with van der Waals surface area (Å²) in [5.74, 6) is 0.544. The molecule has 1 aromatic heterocycles. The smallest absolute Gasteiger partial charge is 0.149 e. The van der Waals surface area contributed by atoms with Gasteiger partial charge in [-0.3, -0.25) is 0 Å². The van der Waals surface area contributed by atoms with Crippen molar-refractivity contribution in [1.29, 1.82) is 5.26 Å². The summed E-state index contributed by atoms with van der Waals surface area (Å²) in [6, 6.07) is 3.42. The molecule has 88 valence electrons. The van der Waals surface area contributed by atoms with Gasteiger partial charge in [-0.15, -0.1) is 0 Å². The van der Waals surface area contributed by atoms with Crippen LogP contribution in [0.1, 0.15) is 24.8 Å². The first kappa shape index (κ1) is 11.9. The van der Waals surface area contributed by atoms with Gasteiger partial charge < -0.3 is 9.69 Å². The summed E-state index contributed by atoms with van der Waals surface area (Å²) in [5, 5.41) is 9.25. The van der Waals surface area contributed by atoms with Gasteiger partial charge in [-0.1, -0.05) is 11.6 Å². The van der Waals surface area contributed by atoms with Crippen LogP contribution in [0.3, 0.4) is 0 Å². The number of nitriles is 1. The van der Waals surface area contributed by atoms with Crippen molar-refractivity contribution in [1.82, 2.24) is 4.98 Å². The molecule has 2 heterocycles. The zero-order valence-corrected chi connectivity index (χ0v) is 10.0. The molecule has 0 spiro atoms. The summed E-state index contributed by atoms with van der Waals surface area (Å²) < 4.78 is 0. The molecule has 0 saturated carbocycles. The fourth-order valence-electron chi connectivity index (χ4n) is 2.08. The first-order chi connectivity index (χ1) is 8.27. The normalized spacial score (nSPS) is 19.8. The van der Waals surface area contributed by atoms with Gasteiger partial charge in [-0.05, 0) is 25.3 Å². The number of rotatable bonds is 2. The molecule has 1 saturated heterocycles. The van der Waals surface area contributed by atoms with E-state index >= 15 is 0 Å². The lowest BCUT2D eigenvalue weighted by Crippen LogP contribution is -2.41. The molecule has 1 aromatic rings. The van der Waals surface area contributed by atoms with Crippen LogP contribution in [-0.2, 0) is 4.79 Å². The molecule has 4 nitrogen and oxygen atoms in total. The van der Waals surface area contributed by atoms with Gasteiger partial charge in [-0.2, -0.15) is 5.26 Å². The standard InChI is InChI=1S/C12H12ClN3O/c13-11-9(7-14)4-5-15-12(11)16-6-2-1-3-10(16)8-17/h4-5,8,10H,1-3,6H2. The highest BCUT2D eigenvalue weighted by Gasteiger charge is 2.25. The summed E-state index contributed by atoms with van der Waals surface area (Å²) in [5.41, 5.74) is 0.395. The van der Waals surface area contributed by atoms with E-state index in [1.807, 2.05) is 11.0 Å². The number of hydrogen-bond donors (Lipinski definition) is 0. The van der Waals surface area contributed by atoms with Crippen molar-refractivity contribution in [3.8, 4) is 6.07 Å². The molecule has 0 amide bonds. The number of nitrogens with zero attached hydrogens (tertiary/aromatic N) is 3. The van der Waals surface area contributed by atoms with Crippen molar-refractivity contribution in [3.05, 3.63) is 22.8 Å². The third-order valence-corrected chi connectivity index (χ3v) is 3.34. The second-order valence-corrected chi connectivity index (χ2v) is 4.38. The van der Waals surface area contributed by atoms with Gasteiger partial charge in [0.2, 0.25) is 0 Å². The second-order valence-electron chi connectivity index (χ2n) is 4.00. The predicted octanol–water partition coefficient (Wildman–Crippen LogP) is 2.16. The Balaban J connectivity index is 2.39. The van der Waals surface area contributed by atoms with E-state index < -0.39 is 0 Å². The Labute approximate surface area is 105 Å². The number of anilines is 1. The summed E-state index contributed by atoms with van der Waals surface area (Å²) in [6.07, 6.45) is 5.35. The maximum absolute atomic E-state index is 11.0. The highest BCUT2D eigenvalue weighted by molar-refractivity contribution is 6.34. The number of aldehydes is 1. The molecule has 17 heavy (non-hydrogen) atoms. The molecular weight excluding hydrogens is 238 g/mol. The lowest BCUT2D eigenvalue weighted by Gasteiger charge is -2.33. The Morgan fingerprint density at radius 3 is 3.12 bits per heavy atom. The minimum atomic E-state index is -0.178. The van der Waals surface area contributed by atoms with Crippen LogP contribution < -0.4 is 4.90 Å². The van der Waals surface area contributed by atoms with E-state index in [2.05, 4.69) is 4.98 Å². The van der Waals surface area contributed by atoms with Crippen LogP contribution in [0.25, 0.3) is 0 Å². The fourth-order valence-corrected chi connectivity index (χ4v) is 2.34. The lowest BCUT2D eigenvalue weighted by molar-refractivity contribution is -0.109. The van der Waals surface area contributed by atoms with Crippen molar-refractivity contribution in [2.75, 3.05) is 11.4 Å². The second kappa shape index (κ2) is 5.15. The Morgan fingerprint density at radius 1 is 1.59 bits per heavy atom. The molecule has 1 aliphatic rings. The highest BCUT2D eigenvalue weighted by Crippen LogP contribution is 2.30. The number of aromatic nitrogens is 1. The third kappa shape index (κ3) is 2.25.